The van der Waals surface area contributed by atoms with Gasteiger partial charge in [-0.15, -0.1) is 0 Å². The van der Waals surface area contributed by atoms with Crippen LogP contribution >= 0.6 is 0 Å². The highest BCUT2D eigenvalue weighted by Crippen LogP contribution is 2.28. The average Bonchev–Trinajstić information content (AvgIpc) is 3.07. The molecule has 3 aromatic rings. The van der Waals surface area contributed by atoms with Crippen LogP contribution in [0.4, 0.5) is 5.69 Å². The molecule has 4 rings (SSSR count). The lowest BCUT2D eigenvalue weighted by atomic mass is 9.94. The van der Waals surface area contributed by atoms with Gasteiger partial charge in [0.1, 0.15) is 0 Å². The molecule has 140 valence electrons. The molecule has 0 unspecified atom stereocenters. The molecule has 2 aromatic heterocycles. The minimum atomic E-state index is 0.104. The highest BCUT2D eigenvalue weighted by atomic mass is 16.2. The largest absolute Gasteiger partial charge is 0.378 e. The summed E-state index contributed by atoms with van der Waals surface area (Å²) in [4.78, 5) is 21.4. The lowest BCUT2D eigenvalue weighted by molar-refractivity contribution is 0.0705. The Morgan fingerprint density at radius 2 is 1.96 bits per heavy atom. The Hall–Kier alpha value is -2.89. The van der Waals surface area contributed by atoms with Gasteiger partial charge in [0.15, 0.2) is 5.65 Å². The van der Waals surface area contributed by atoms with E-state index in [4.69, 9.17) is 0 Å². The highest BCUT2D eigenvalue weighted by Gasteiger charge is 2.27. The summed E-state index contributed by atoms with van der Waals surface area (Å²) >= 11 is 0. The standard InChI is InChI=1S/C21H25N5O/c1-15-13-20-22-11-10-19(26(20)23-15)17-5-4-12-25(14-17)21(27)16-6-8-18(9-7-16)24(2)3/h6-11,13,17H,4-5,12,14H2,1-3H3/t17-/m0/s1. The number of hydrogen-bond acceptors (Lipinski definition) is 4. The van der Waals surface area contributed by atoms with E-state index in [-0.39, 0.29) is 11.8 Å². The molecule has 0 bridgehead atoms. The van der Waals surface area contributed by atoms with Crippen molar-refractivity contribution in [1.29, 1.82) is 0 Å². The van der Waals surface area contributed by atoms with Gasteiger partial charge in [-0.2, -0.15) is 5.10 Å². The second-order valence-corrected chi connectivity index (χ2v) is 7.46. The van der Waals surface area contributed by atoms with Gasteiger partial charge in [-0.3, -0.25) is 4.79 Å². The van der Waals surface area contributed by atoms with Crippen molar-refractivity contribution in [3.8, 4) is 0 Å². The molecule has 6 heteroatoms. The van der Waals surface area contributed by atoms with Gasteiger partial charge in [0.25, 0.3) is 5.91 Å². The topological polar surface area (TPSA) is 53.7 Å². The number of nitrogens with zero attached hydrogens (tertiary/aromatic N) is 5. The first-order valence-electron chi connectivity index (χ1n) is 9.41. The van der Waals surface area contributed by atoms with E-state index in [0.717, 1.165) is 47.7 Å². The van der Waals surface area contributed by atoms with Crippen LogP contribution in [0.1, 0.15) is 40.5 Å². The van der Waals surface area contributed by atoms with Crippen LogP contribution in [0, 0.1) is 6.92 Å². The van der Waals surface area contributed by atoms with Crippen LogP contribution < -0.4 is 4.90 Å². The van der Waals surface area contributed by atoms with Crippen molar-refractivity contribution < 1.29 is 4.79 Å². The number of hydrogen-bond donors (Lipinski definition) is 0. The Balaban J connectivity index is 1.56. The number of anilines is 1. The number of likely N-dealkylation sites (tertiary alicyclic amines) is 1. The summed E-state index contributed by atoms with van der Waals surface area (Å²) in [6, 6.07) is 11.8. The van der Waals surface area contributed by atoms with Gasteiger partial charge in [-0.05, 0) is 50.1 Å². The molecule has 1 aliphatic heterocycles. The highest BCUT2D eigenvalue weighted by molar-refractivity contribution is 5.94. The zero-order valence-electron chi connectivity index (χ0n) is 16.1. The molecule has 1 aliphatic rings. The molecule has 0 spiro atoms. The van der Waals surface area contributed by atoms with Crippen molar-refractivity contribution in [1.82, 2.24) is 19.5 Å². The van der Waals surface area contributed by atoms with Crippen LogP contribution in [0.3, 0.4) is 0 Å². The lowest BCUT2D eigenvalue weighted by Crippen LogP contribution is -2.39. The summed E-state index contributed by atoms with van der Waals surface area (Å²) in [5.74, 6) is 0.375. The Bertz CT molecular complexity index is 960. The fraction of sp³-hybridized carbons (Fsp3) is 0.381. The van der Waals surface area contributed by atoms with Gasteiger partial charge in [0, 0.05) is 56.6 Å². The predicted molar refractivity (Wildman–Crippen MR) is 106 cm³/mol. The Morgan fingerprint density at radius 3 is 2.70 bits per heavy atom. The van der Waals surface area contributed by atoms with Crippen LogP contribution in [0.25, 0.3) is 5.65 Å². The van der Waals surface area contributed by atoms with Crippen LogP contribution in [0.2, 0.25) is 0 Å². The van der Waals surface area contributed by atoms with Gasteiger partial charge in [0.05, 0.1) is 11.4 Å². The molecule has 1 saturated heterocycles. The van der Waals surface area contributed by atoms with Crippen molar-refractivity contribution in [2.24, 2.45) is 0 Å². The van der Waals surface area contributed by atoms with Crippen LogP contribution in [-0.2, 0) is 0 Å². The number of fused-ring (bicyclic) bond motifs is 1. The fourth-order valence-corrected chi connectivity index (χ4v) is 3.83. The number of piperidine rings is 1. The molecule has 1 amide bonds. The number of carbonyl (C=O) groups is 1. The predicted octanol–water partition coefficient (Wildman–Crippen LogP) is 3.12. The van der Waals surface area contributed by atoms with E-state index in [1.54, 1.807) is 0 Å². The lowest BCUT2D eigenvalue weighted by Gasteiger charge is -2.33. The van der Waals surface area contributed by atoms with E-state index >= 15 is 0 Å². The van der Waals surface area contributed by atoms with Crippen LogP contribution in [0.15, 0.2) is 42.6 Å². The fourth-order valence-electron chi connectivity index (χ4n) is 3.83. The Morgan fingerprint density at radius 1 is 1.19 bits per heavy atom. The van der Waals surface area contributed by atoms with Gasteiger partial charge >= 0.3 is 0 Å². The summed E-state index contributed by atoms with van der Waals surface area (Å²) in [5.41, 5.74) is 4.80. The number of amides is 1. The molecule has 0 saturated carbocycles. The quantitative estimate of drug-likeness (QED) is 0.717. The van der Waals surface area contributed by atoms with Crippen molar-refractivity contribution in [2.75, 3.05) is 32.1 Å². The zero-order chi connectivity index (χ0) is 19.0. The summed E-state index contributed by atoms with van der Waals surface area (Å²) in [5, 5.41) is 4.59. The molecule has 27 heavy (non-hydrogen) atoms. The minimum Gasteiger partial charge on any atom is -0.378 e. The van der Waals surface area contributed by atoms with Crippen molar-refractivity contribution in [3.63, 3.8) is 0 Å². The van der Waals surface area contributed by atoms with Crippen molar-refractivity contribution >= 4 is 17.2 Å². The van der Waals surface area contributed by atoms with E-state index in [9.17, 15) is 4.79 Å². The van der Waals surface area contributed by atoms with Crippen LogP contribution in [0.5, 0.6) is 0 Å². The molecule has 1 aromatic carbocycles. The number of carbonyl (C=O) groups excluding carboxylic acids is 1. The monoisotopic (exact) mass is 363 g/mol. The van der Waals surface area contributed by atoms with Crippen molar-refractivity contribution in [3.05, 3.63) is 59.5 Å². The second-order valence-electron chi connectivity index (χ2n) is 7.46. The first-order chi connectivity index (χ1) is 13.0. The molecule has 0 radical (unpaired) electrons. The maximum absolute atomic E-state index is 13.0. The summed E-state index contributed by atoms with van der Waals surface area (Å²) in [7, 11) is 4.00. The van der Waals surface area contributed by atoms with Gasteiger partial charge in [-0.25, -0.2) is 9.50 Å². The van der Waals surface area contributed by atoms with E-state index in [0.29, 0.717) is 6.54 Å². The molecule has 0 aliphatic carbocycles. The third-order valence-corrected chi connectivity index (χ3v) is 5.27. The molecule has 1 atom stereocenters. The smallest absolute Gasteiger partial charge is 0.253 e. The van der Waals surface area contributed by atoms with E-state index in [2.05, 4.69) is 10.1 Å². The number of aromatic nitrogens is 3. The van der Waals surface area contributed by atoms with Gasteiger partial charge < -0.3 is 9.80 Å². The second kappa shape index (κ2) is 7.02. The first-order valence-corrected chi connectivity index (χ1v) is 9.41. The third kappa shape index (κ3) is 3.39. The number of benzene rings is 1. The normalized spacial score (nSPS) is 17.3. The molecular weight excluding hydrogens is 338 g/mol. The third-order valence-electron chi connectivity index (χ3n) is 5.27. The average molecular weight is 363 g/mol. The van der Waals surface area contributed by atoms with E-state index in [1.165, 1.54) is 0 Å². The van der Waals surface area contributed by atoms with Crippen molar-refractivity contribution in [2.45, 2.75) is 25.7 Å². The maximum atomic E-state index is 13.0. The summed E-state index contributed by atoms with van der Waals surface area (Å²) in [6.07, 6.45) is 3.89. The zero-order valence-corrected chi connectivity index (χ0v) is 16.1. The number of aryl methyl sites for hydroxylation is 1. The molecular formula is C21H25N5O. The molecule has 6 nitrogen and oxygen atoms in total. The Labute approximate surface area is 159 Å². The Kier molecular flexibility index (Phi) is 4.56. The summed E-state index contributed by atoms with van der Waals surface area (Å²) < 4.78 is 1.93. The van der Waals surface area contributed by atoms with Crippen LogP contribution in [-0.4, -0.2) is 52.6 Å². The minimum absolute atomic E-state index is 0.104. The molecule has 3 heterocycles. The van der Waals surface area contributed by atoms with E-state index in [1.807, 2.05) is 77.9 Å². The summed E-state index contributed by atoms with van der Waals surface area (Å²) in [6.45, 7) is 3.50. The van der Waals surface area contributed by atoms with E-state index < -0.39 is 0 Å². The maximum Gasteiger partial charge on any atom is 0.253 e. The number of rotatable bonds is 3. The van der Waals surface area contributed by atoms with Gasteiger partial charge in [-0.1, -0.05) is 0 Å². The first kappa shape index (κ1) is 17.5. The molecule has 1 fully saturated rings. The molecule has 0 N–H and O–H groups in total. The SMILES string of the molecule is Cc1cc2nccc([C@H]3CCCN(C(=O)c4ccc(N(C)C)cc4)C3)n2n1. The van der Waals surface area contributed by atoms with Gasteiger partial charge in [0.2, 0.25) is 0 Å².